The fourth-order valence-corrected chi connectivity index (χ4v) is 3.86. The molecule has 0 aliphatic carbocycles. The van der Waals surface area contributed by atoms with E-state index in [2.05, 4.69) is 21.2 Å². The monoisotopic (exact) mass is 372 g/mol. The number of carbonyl (C=O) groups is 3. The molecule has 5 nitrogen and oxygen atoms in total. The molecular formula is C17H13BrN2O3. The van der Waals surface area contributed by atoms with Crippen LogP contribution in [0.15, 0.2) is 34.8 Å². The molecule has 1 fully saturated rings. The van der Waals surface area contributed by atoms with Gasteiger partial charge in [0.1, 0.15) is 6.04 Å². The zero-order chi connectivity index (χ0) is 16.1. The summed E-state index contributed by atoms with van der Waals surface area (Å²) < 4.78 is 0.910. The minimum Gasteiger partial charge on any atom is -0.295 e. The lowest BCUT2D eigenvalue weighted by molar-refractivity contribution is -0.130. The van der Waals surface area contributed by atoms with E-state index in [1.807, 2.05) is 24.3 Å². The van der Waals surface area contributed by atoms with Gasteiger partial charge in [0.15, 0.2) is 0 Å². The molecule has 1 N–H and O–H groups in total. The Kier molecular flexibility index (Phi) is 3.23. The number of hydrogen-bond acceptors (Lipinski definition) is 3. The number of imide groups is 1. The normalized spacial score (nSPS) is 20.8. The maximum Gasteiger partial charge on any atom is 0.259 e. The van der Waals surface area contributed by atoms with Crippen molar-refractivity contribution >= 4 is 50.1 Å². The molecule has 2 heterocycles. The van der Waals surface area contributed by atoms with Crippen LogP contribution in [0.4, 0.5) is 5.69 Å². The van der Waals surface area contributed by atoms with E-state index in [1.54, 1.807) is 6.07 Å². The molecular weight excluding hydrogens is 360 g/mol. The number of hydrogen-bond donors (Lipinski definition) is 1. The van der Waals surface area contributed by atoms with Crippen molar-refractivity contribution in [3.8, 4) is 0 Å². The number of rotatable bonds is 1. The predicted molar refractivity (Wildman–Crippen MR) is 89.2 cm³/mol. The molecule has 4 rings (SSSR count). The second kappa shape index (κ2) is 5.16. The van der Waals surface area contributed by atoms with Crippen LogP contribution in [-0.2, 0) is 9.59 Å². The van der Waals surface area contributed by atoms with Crippen LogP contribution in [0.3, 0.4) is 0 Å². The Balaban J connectivity index is 1.87. The molecule has 1 atom stereocenters. The first-order valence-electron chi connectivity index (χ1n) is 7.46. The zero-order valence-corrected chi connectivity index (χ0v) is 13.7. The molecule has 23 heavy (non-hydrogen) atoms. The molecule has 0 aromatic heterocycles. The van der Waals surface area contributed by atoms with Gasteiger partial charge in [-0.05, 0) is 36.4 Å². The average molecular weight is 373 g/mol. The van der Waals surface area contributed by atoms with Crippen LogP contribution in [0, 0.1) is 0 Å². The van der Waals surface area contributed by atoms with Gasteiger partial charge in [0.05, 0.1) is 5.69 Å². The molecule has 3 amide bonds. The highest BCUT2D eigenvalue weighted by molar-refractivity contribution is 9.10. The Morgan fingerprint density at radius 1 is 1.13 bits per heavy atom. The van der Waals surface area contributed by atoms with Crippen LogP contribution >= 0.6 is 15.9 Å². The Morgan fingerprint density at radius 3 is 2.78 bits per heavy atom. The topological polar surface area (TPSA) is 66.5 Å². The molecule has 0 bridgehead atoms. The smallest absolute Gasteiger partial charge is 0.259 e. The third-order valence-electron chi connectivity index (χ3n) is 4.43. The van der Waals surface area contributed by atoms with Crippen LogP contribution in [0.2, 0.25) is 0 Å². The molecule has 6 heteroatoms. The first-order valence-corrected chi connectivity index (χ1v) is 8.25. The molecule has 1 saturated heterocycles. The Morgan fingerprint density at radius 2 is 1.96 bits per heavy atom. The van der Waals surface area contributed by atoms with E-state index in [0.29, 0.717) is 24.8 Å². The van der Waals surface area contributed by atoms with E-state index in [4.69, 9.17) is 0 Å². The van der Waals surface area contributed by atoms with Crippen molar-refractivity contribution in [3.63, 3.8) is 0 Å². The SMILES string of the molecule is O=C1CCCC(N2C(=O)c3cccc4c(Br)ccc2c34)C(=O)N1. The van der Waals surface area contributed by atoms with Crippen molar-refractivity contribution in [1.29, 1.82) is 0 Å². The number of benzene rings is 2. The molecule has 1 unspecified atom stereocenters. The van der Waals surface area contributed by atoms with Crippen molar-refractivity contribution in [2.45, 2.75) is 25.3 Å². The van der Waals surface area contributed by atoms with Crippen molar-refractivity contribution in [2.24, 2.45) is 0 Å². The summed E-state index contributed by atoms with van der Waals surface area (Å²) in [7, 11) is 0. The standard InChI is InChI=1S/C17H13BrN2O3/c18-11-7-8-12-15-9(11)3-1-4-10(15)17(23)20(12)13-5-2-6-14(21)19-16(13)22/h1,3-4,7-8,13H,2,5-6H2,(H,19,21,22). The highest BCUT2D eigenvalue weighted by atomic mass is 79.9. The summed E-state index contributed by atoms with van der Waals surface area (Å²) in [6.45, 7) is 0. The third-order valence-corrected chi connectivity index (χ3v) is 5.12. The molecule has 0 saturated carbocycles. The van der Waals surface area contributed by atoms with E-state index in [9.17, 15) is 14.4 Å². The van der Waals surface area contributed by atoms with Gasteiger partial charge < -0.3 is 0 Å². The molecule has 0 spiro atoms. The van der Waals surface area contributed by atoms with Gasteiger partial charge in [0, 0.05) is 21.8 Å². The summed E-state index contributed by atoms with van der Waals surface area (Å²) in [5.41, 5.74) is 1.33. The van der Waals surface area contributed by atoms with E-state index in [1.165, 1.54) is 4.90 Å². The van der Waals surface area contributed by atoms with E-state index < -0.39 is 11.9 Å². The number of nitrogens with one attached hydrogen (secondary N) is 1. The van der Waals surface area contributed by atoms with Gasteiger partial charge in [0.2, 0.25) is 11.8 Å². The summed E-state index contributed by atoms with van der Waals surface area (Å²) in [5.74, 6) is -0.856. The zero-order valence-electron chi connectivity index (χ0n) is 12.1. The first-order chi connectivity index (χ1) is 11.1. The van der Waals surface area contributed by atoms with Gasteiger partial charge in [-0.25, -0.2) is 0 Å². The van der Waals surface area contributed by atoms with E-state index >= 15 is 0 Å². The molecule has 2 aliphatic rings. The van der Waals surface area contributed by atoms with Crippen LogP contribution < -0.4 is 10.2 Å². The van der Waals surface area contributed by atoms with Gasteiger partial charge in [-0.1, -0.05) is 28.1 Å². The molecule has 116 valence electrons. The van der Waals surface area contributed by atoms with E-state index in [-0.39, 0.29) is 11.8 Å². The lowest BCUT2D eigenvalue weighted by Gasteiger charge is -2.26. The van der Waals surface area contributed by atoms with Crippen molar-refractivity contribution in [2.75, 3.05) is 4.90 Å². The maximum atomic E-state index is 12.9. The Bertz CT molecular complexity index is 878. The predicted octanol–water partition coefficient (Wildman–Crippen LogP) is 2.76. The average Bonchev–Trinajstić information content (AvgIpc) is 2.70. The molecule has 0 radical (unpaired) electrons. The number of halogens is 1. The largest absolute Gasteiger partial charge is 0.295 e. The minimum atomic E-state index is -0.647. The van der Waals surface area contributed by atoms with Crippen LogP contribution in [0.1, 0.15) is 29.6 Å². The minimum absolute atomic E-state index is 0.182. The second-order valence-corrected chi connectivity index (χ2v) is 6.64. The molecule has 2 aromatic rings. The second-order valence-electron chi connectivity index (χ2n) is 5.79. The quantitative estimate of drug-likeness (QED) is 0.782. The summed E-state index contributed by atoms with van der Waals surface area (Å²) >= 11 is 3.51. The highest BCUT2D eigenvalue weighted by Gasteiger charge is 2.39. The van der Waals surface area contributed by atoms with Crippen molar-refractivity contribution < 1.29 is 14.4 Å². The van der Waals surface area contributed by atoms with Gasteiger partial charge in [-0.3, -0.25) is 24.6 Å². The number of nitrogens with zero attached hydrogens (tertiary/aromatic N) is 1. The highest BCUT2D eigenvalue weighted by Crippen LogP contribution is 2.42. The van der Waals surface area contributed by atoms with Crippen molar-refractivity contribution in [3.05, 3.63) is 40.4 Å². The fourth-order valence-electron chi connectivity index (χ4n) is 3.40. The van der Waals surface area contributed by atoms with Crippen LogP contribution in [0.25, 0.3) is 10.8 Å². The van der Waals surface area contributed by atoms with Gasteiger partial charge in [0.25, 0.3) is 5.91 Å². The number of anilines is 1. The third kappa shape index (κ3) is 2.09. The lowest BCUT2D eigenvalue weighted by atomic mass is 10.1. The first kappa shape index (κ1) is 14.4. The Hall–Kier alpha value is -2.21. The summed E-state index contributed by atoms with van der Waals surface area (Å²) in [6.07, 6.45) is 1.38. The van der Waals surface area contributed by atoms with E-state index in [0.717, 1.165) is 20.9 Å². The summed E-state index contributed by atoms with van der Waals surface area (Å²) in [5, 5.41) is 4.18. The number of carbonyl (C=O) groups excluding carboxylic acids is 3. The maximum absolute atomic E-state index is 12.9. The van der Waals surface area contributed by atoms with Crippen molar-refractivity contribution in [1.82, 2.24) is 5.32 Å². The lowest BCUT2D eigenvalue weighted by Crippen LogP contribution is -2.48. The van der Waals surface area contributed by atoms with Gasteiger partial charge in [-0.15, -0.1) is 0 Å². The molecule has 2 aliphatic heterocycles. The van der Waals surface area contributed by atoms with Crippen LogP contribution in [-0.4, -0.2) is 23.8 Å². The Labute approximate surface area is 140 Å². The van der Waals surface area contributed by atoms with Gasteiger partial charge in [-0.2, -0.15) is 0 Å². The van der Waals surface area contributed by atoms with Gasteiger partial charge >= 0.3 is 0 Å². The summed E-state index contributed by atoms with van der Waals surface area (Å²) in [4.78, 5) is 38.3. The summed E-state index contributed by atoms with van der Waals surface area (Å²) in [6, 6.07) is 8.64. The number of amides is 3. The molecule has 2 aromatic carbocycles. The fraction of sp³-hybridized carbons (Fsp3) is 0.235. The van der Waals surface area contributed by atoms with Crippen LogP contribution in [0.5, 0.6) is 0 Å².